The molecule has 1 heterocycles. The van der Waals surface area contributed by atoms with E-state index in [2.05, 4.69) is 34.8 Å². The lowest BCUT2D eigenvalue weighted by molar-refractivity contribution is 0.0755. The fourth-order valence-electron chi connectivity index (χ4n) is 1.54. The summed E-state index contributed by atoms with van der Waals surface area (Å²) in [5.41, 5.74) is 0.658. The number of hydrogen-bond acceptors (Lipinski definition) is 2. The predicted octanol–water partition coefficient (Wildman–Crippen LogP) is 3.11. The number of pyridine rings is 1. The molecule has 16 heavy (non-hydrogen) atoms. The molecule has 0 N–H and O–H groups in total. The molecule has 0 aliphatic rings. The molecular weight excluding hydrogens is 268 g/mol. The Kier molecular flexibility index (Phi) is 5.46. The second-order valence-electron chi connectivity index (χ2n) is 3.66. The van der Waals surface area contributed by atoms with E-state index in [1.165, 1.54) is 0 Å². The zero-order valence-corrected chi connectivity index (χ0v) is 11.3. The van der Waals surface area contributed by atoms with Crippen molar-refractivity contribution in [2.45, 2.75) is 26.7 Å². The van der Waals surface area contributed by atoms with Gasteiger partial charge >= 0.3 is 0 Å². The molecule has 0 aromatic carbocycles. The summed E-state index contributed by atoms with van der Waals surface area (Å²) in [5, 5.41) is 0. The molecule has 0 radical (unpaired) electrons. The Labute approximate surface area is 105 Å². The van der Waals surface area contributed by atoms with Crippen LogP contribution in [-0.2, 0) is 0 Å². The standard InChI is InChI=1S/C12H17BrN2O/c1-3-7-15(8-4-2)12(16)10-5-6-11(13)14-9-10/h5-6,9H,3-4,7-8H2,1-2H3. The van der Waals surface area contributed by atoms with Gasteiger partial charge in [0.05, 0.1) is 5.56 Å². The van der Waals surface area contributed by atoms with Gasteiger partial charge in [0.15, 0.2) is 0 Å². The molecule has 0 atom stereocenters. The molecule has 1 aromatic heterocycles. The lowest BCUT2D eigenvalue weighted by Crippen LogP contribution is -2.32. The Hall–Kier alpha value is -0.900. The van der Waals surface area contributed by atoms with E-state index in [4.69, 9.17) is 0 Å². The Morgan fingerprint density at radius 2 is 1.94 bits per heavy atom. The van der Waals surface area contributed by atoms with Gasteiger partial charge in [-0.1, -0.05) is 13.8 Å². The van der Waals surface area contributed by atoms with Crippen molar-refractivity contribution >= 4 is 21.8 Å². The minimum Gasteiger partial charge on any atom is -0.339 e. The lowest BCUT2D eigenvalue weighted by Gasteiger charge is -2.21. The van der Waals surface area contributed by atoms with Crippen LogP contribution in [0.1, 0.15) is 37.0 Å². The third-order valence-corrected chi connectivity index (χ3v) is 2.72. The summed E-state index contributed by atoms with van der Waals surface area (Å²) in [6.45, 7) is 5.77. The monoisotopic (exact) mass is 284 g/mol. The average Bonchev–Trinajstić information content (AvgIpc) is 2.29. The molecule has 0 unspecified atom stereocenters. The number of halogens is 1. The Morgan fingerprint density at radius 1 is 1.31 bits per heavy atom. The van der Waals surface area contributed by atoms with Gasteiger partial charge in [0.1, 0.15) is 4.60 Å². The molecule has 0 saturated carbocycles. The molecule has 0 aliphatic heterocycles. The Bertz CT molecular complexity index is 331. The van der Waals surface area contributed by atoms with Gasteiger partial charge in [-0.3, -0.25) is 4.79 Å². The van der Waals surface area contributed by atoms with Gasteiger partial charge in [-0.15, -0.1) is 0 Å². The van der Waals surface area contributed by atoms with Crippen molar-refractivity contribution in [2.24, 2.45) is 0 Å². The summed E-state index contributed by atoms with van der Waals surface area (Å²) < 4.78 is 0.751. The maximum atomic E-state index is 12.1. The topological polar surface area (TPSA) is 33.2 Å². The predicted molar refractivity (Wildman–Crippen MR) is 68.4 cm³/mol. The third-order valence-electron chi connectivity index (χ3n) is 2.25. The molecule has 0 spiro atoms. The molecule has 0 aliphatic carbocycles. The van der Waals surface area contributed by atoms with Gasteiger partial charge in [0, 0.05) is 19.3 Å². The van der Waals surface area contributed by atoms with E-state index in [1.54, 1.807) is 18.3 Å². The number of amides is 1. The smallest absolute Gasteiger partial charge is 0.255 e. The van der Waals surface area contributed by atoms with Crippen LogP contribution >= 0.6 is 15.9 Å². The first-order valence-electron chi connectivity index (χ1n) is 5.59. The second kappa shape index (κ2) is 6.63. The third kappa shape index (κ3) is 3.59. The highest BCUT2D eigenvalue weighted by Crippen LogP contribution is 2.09. The first-order valence-corrected chi connectivity index (χ1v) is 6.39. The largest absolute Gasteiger partial charge is 0.339 e. The lowest BCUT2D eigenvalue weighted by atomic mass is 10.2. The highest BCUT2D eigenvalue weighted by Gasteiger charge is 2.13. The van der Waals surface area contributed by atoms with Crippen molar-refractivity contribution < 1.29 is 4.79 Å². The second-order valence-corrected chi connectivity index (χ2v) is 4.47. The van der Waals surface area contributed by atoms with Crippen LogP contribution < -0.4 is 0 Å². The zero-order chi connectivity index (χ0) is 12.0. The summed E-state index contributed by atoms with van der Waals surface area (Å²) in [4.78, 5) is 18.1. The van der Waals surface area contributed by atoms with Gasteiger partial charge in [-0.25, -0.2) is 4.98 Å². The number of nitrogens with zero attached hydrogens (tertiary/aromatic N) is 2. The van der Waals surface area contributed by atoms with Gasteiger partial charge in [0.25, 0.3) is 5.91 Å². The molecule has 1 amide bonds. The van der Waals surface area contributed by atoms with E-state index in [0.29, 0.717) is 5.56 Å². The van der Waals surface area contributed by atoms with Crippen LogP contribution in [0, 0.1) is 0 Å². The molecule has 3 nitrogen and oxygen atoms in total. The number of aromatic nitrogens is 1. The summed E-state index contributed by atoms with van der Waals surface area (Å²) in [7, 11) is 0. The summed E-state index contributed by atoms with van der Waals surface area (Å²) in [6.07, 6.45) is 3.58. The highest BCUT2D eigenvalue weighted by molar-refractivity contribution is 9.10. The van der Waals surface area contributed by atoms with Gasteiger partial charge in [0.2, 0.25) is 0 Å². The van der Waals surface area contributed by atoms with E-state index >= 15 is 0 Å². The molecule has 0 saturated heterocycles. The van der Waals surface area contributed by atoms with Crippen molar-refractivity contribution in [2.75, 3.05) is 13.1 Å². The Morgan fingerprint density at radius 3 is 2.38 bits per heavy atom. The quantitative estimate of drug-likeness (QED) is 0.779. The number of carbonyl (C=O) groups excluding carboxylic acids is 1. The SMILES string of the molecule is CCCN(CCC)C(=O)c1ccc(Br)nc1. The van der Waals surface area contributed by atoms with Crippen LogP contribution in [0.25, 0.3) is 0 Å². The van der Waals surface area contributed by atoms with E-state index in [1.807, 2.05) is 4.90 Å². The zero-order valence-electron chi connectivity index (χ0n) is 9.74. The number of carbonyl (C=O) groups is 1. The fraction of sp³-hybridized carbons (Fsp3) is 0.500. The number of hydrogen-bond donors (Lipinski definition) is 0. The van der Waals surface area contributed by atoms with Gasteiger partial charge in [-0.2, -0.15) is 0 Å². The van der Waals surface area contributed by atoms with E-state index in [-0.39, 0.29) is 5.91 Å². The average molecular weight is 285 g/mol. The first kappa shape index (κ1) is 13.2. The van der Waals surface area contributed by atoms with Gasteiger partial charge in [-0.05, 0) is 40.9 Å². The summed E-state index contributed by atoms with van der Waals surface area (Å²) in [6, 6.07) is 3.60. The minimum atomic E-state index is 0.0729. The van der Waals surface area contributed by atoms with Crippen LogP contribution in [0.5, 0.6) is 0 Å². The van der Waals surface area contributed by atoms with Crippen molar-refractivity contribution in [1.82, 2.24) is 9.88 Å². The van der Waals surface area contributed by atoms with Crippen molar-refractivity contribution in [3.8, 4) is 0 Å². The van der Waals surface area contributed by atoms with Gasteiger partial charge < -0.3 is 4.90 Å². The van der Waals surface area contributed by atoms with Crippen molar-refractivity contribution in [3.05, 3.63) is 28.5 Å². The van der Waals surface area contributed by atoms with E-state index in [0.717, 1.165) is 30.5 Å². The molecule has 4 heteroatoms. The number of rotatable bonds is 5. The molecule has 0 fully saturated rings. The van der Waals surface area contributed by atoms with Crippen LogP contribution in [-0.4, -0.2) is 28.9 Å². The normalized spacial score (nSPS) is 10.2. The van der Waals surface area contributed by atoms with Crippen LogP contribution in [0.3, 0.4) is 0 Å². The molecular formula is C12H17BrN2O. The maximum Gasteiger partial charge on any atom is 0.255 e. The fourth-order valence-corrected chi connectivity index (χ4v) is 1.77. The van der Waals surface area contributed by atoms with E-state index in [9.17, 15) is 4.79 Å². The summed E-state index contributed by atoms with van der Waals surface area (Å²) in [5.74, 6) is 0.0729. The minimum absolute atomic E-state index is 0.0729. The summed E-state index contributed by atoms with van der Waals surface area (Å²) >= 11 is 3.26. The maximum absolute atomic E-state index is 12.1. The van der Waals surface area contributed by atoms with Crippen molar-refractivity contribution in [1.29, 1.82) is 0 Å². The van der Waals surface area contributed by atoms with E-state index < -0.39 is 0 Å². The van der Waals surface area contributed by atoms with Crippen LogP contribution in [0.15, 0.2) is 22.9 Å². The van der Waals surface area contributed by atoms with Crippen molar-refractivity contribution in [3.63, 3.8) is 0 Å². The van der Waals surface area contributed by atoms with Crippen LogP contribution in [0.2, 0.25) is 0 Å². The first-order chi connectivity index (χ1) is 7.69. The van der Waals surface area contributed by atoms with Crippen LogP contribution in [0.4, 0.5) is 0 Å². The Balaban J connectivity index is 2.77. The molecule has 1 aromatic rings. The molecule has 0 bridgehead atoms. The molecule has 88 valence electrons. The molecule has 1 rings (SSSR count). The highest BCUT2D eigenvalue weighted by atomic mass is 79.9.